The number of nitriles is 1. The van der Waals surface area contributed by atoms with E-state index in [1.54, 1.807) is 28.8 Å². The number of benzene rings is 2. The van der Waals surface area contributed by atoms with Crippen LogP contribution in [0.15, 0.2) is 52.4 Å². The third kappa shape index (κ3) is 4.78. The highest BCUT2D eigenvalue weighted by Gasteiger charge is 2.15. The maximum Gasteiger partial charge on any atom is 0.337 e. The molecule has 148 valence electrons. The van der Waals surface area contributed by atoms with Crippen molar-refractivity contribution in [2.75, 3.05) is 12.9 Å². The Kier molecular flexibility index (Phi) is 6.91. The summed E-state index contributed by atoms with van der Waals surface area (Å²) < 4.78 is 6.33. The summed E-state index contributed by atoms with van der Waals surface area (Å²) >= 11 is 7.69. The summed E-state index contributed by atoms with van der Waals surface area (Å²) in [6.07, 6.45) is 1.12. The SMILES string of the molecule is COC(=O)c1ccc2c(=O)n(Cc3ccccc3Cl)c(SCCCC#N)nc2c1. The third-order valence-corrected chi connectivity index (χ3v) is 5.72. The Morgan fingerprint density at radius 2 is 2.10 bits per heavy atom. The Morgan fingerprint density at radius 3 is 2.83 bits per heavy atom. The molecular formula is C21H18ClN3O3S. The molecule has 0 spiro atoms. The first kappa shape index (κ1) is 20.9. The molecule has 8 heteroatoms. The van der Waals surface area contributed by atoms with Crippen LogP contribution < -0.4 is 5.56 Å². The van der Waals surface area contributed by atoms with Crippen molar-refractivity contribution < 1.29 is 9.53 Å². The minimum atomic E-state index is -0.489. The lowest BCUT2D eigenvalue weighted by molar-refractivity contribution is 0.0601. The van der Waals surface area contributed by atoms with Gasteiger partial charge in [0.2, 0.25) is 0 Å². The number of carbonyl (C=O) groups is 1. The highest BCUT2D eigenvalue weighted by Crippen LogP contribution is 2.23. The predicted molar refractivity (Wildman–Crippen MR) is 113 cm³/mol. The number of methoxy groups -OCH3 is 1. The molecular weight excluding hydrogens is 410 g/mol. The summed E-state index contributed by atoms with van der Waals surface area (Å²) in [6, 6.07) is 14.1. The molecule has 0 atom stereocenters. The number of carbonyl (C=O) groups excluding carboxylic acids is 1. The molecule has 0 saturated carbocycles. The molecule has 1 heterocycles. The van der Waals surface area contributed by atoms with Crippen molar-refractivity contribution in [3.05, 3.63) is 69.0 Å². The maximum atomic E-state index is 13.2. The van der Waals surface area contributed by atoms with Crippen LogP contribution in [0.3, 0.4) is 0 Å². The van der Waals surface area contributed by atoms with E-state index in [4.69, 9.17) is 21.6 Å². The van der Waals surface area contributed by atoms with Gasteiger partial charge >= 0.3 is 5.97 Å². The Hall–Kier alpha value is -2.82. The number of hydrogen-bond donors (Lipinski definition) is 0. The molecule has 3 rings (SSSR count). The molecule has 0 saturated heterocycles. The third-order valence-electron chi connectivity index (χ3n) is 4.29. The largest absolute Gasteiger partial charge is 0.465 e. The fourth-order valence-electron chi connectivity index (χ4n) is 2.81. The minimum absolute atomic E-state index is 0.214. The Morgan fingerprint density at radius 1 is 1.31 bits per heavy atom. The number of unbranched alkanes of at least 4 members (excludes halogenated alkanes) is 1. The van der Waals surface area contributed by atoms with Crippen LogP contribution in [0, 0.1) is 11.3 Å². The van der Waals surface area contributed by atoms with Crippen LogP contribution in [-0.4, -0.2) is 28.4 Å². The molecule has 0 aliphatic carbocycles. The lowest BCUT2D eigenvalue weighted by Crippen LogP contribution is -2.24. The molecule has 0 fully saturated rings. The van der Waals surface area contributed by atoms with Crippen LogP contribution in [0.2, 0.25) is 5.02 Å². The van der Waals surface area contributed by atoms with Crippen molar-refractivity contribution in [1.82, 2.24) is 9.55 Å². The number of nitrogens with zero attached hydrogens (tertiary/aromatic N) is 3. The van der Waals surface area contributed by atoms with Gasteiger partial charge in [0, 0.05) is 17.2 Å². The number of hydrogen-bond acceptors (Lipinski definition) is 6. The number of thioether (sulfide) groups is 1. The highest BCUT2D eigenvalue weighted by atomic mass is 35.5. The van der Waals surface area contributed by atoms with Gasteiger partial charge in [0.1, 0.15) is 0 Å². The first-order chi connectivity index (χ1) is 14.0. The molecule has 0 unspecified atom stereocenters. The van der Waals surface area contributed by atoms with E-state index in [2.05, 4.69) is 11.1 Å². The van der Waals surface area contributed by atoms with Crippen molar-refractivity contribution in [3.8, 4) is 6.07 Å². The van der Waals surface area contributed by atoms with Gasteiger partial charge in [-0.2, -0.15) is 5.26 Å². The van der Waals surface area contributed by atoms with E-state index in [0.717, 1.165) is 5.56 Å². The molecule has 0 radical (unpaired) electrons. The maximum absolute atomic E-state index is 13.2. The van der Waals surface area contributed by atoms with Crippen molar-refractivity contribution in [2.24, 2.45) is 0 Å². The summed E-state index contributed by atoms with van der Waals surface area (Å²) in [7, 11) is 1.30. The average Bonchev–Trinajstić information content (AvgIpc) is 2.74. The molecule has 0 aliphatic heterocycles. The molecule has 2 aromatic carbocycles. The summed E-state index contributed by atoms with van der Waals surface area (Å²) in [5.74, 6) is 0.155. The van der Waals surface area contributed by atoms with Gasteiger partial charge in [0.15, 0.2) is 5.16 Å². The summed E-state index contributed by atoms with van der Waals surface area (Å²) in [6.45, 7) is 0.279. The Labute approximate surface area is 177 Å². The first-order valence-electron chi connectivity index (χ1n) is 8.91. The number of rotatable bonds is 7. The molecule has 0 amide bonds. The Bertz CT molecular complexity index is 1150. The van der Waals surface area contributed by atoms with Crippen molar-refractivity contribution >= 4 is 40.2 Å². The number of ether oxygens (including phenoxy) is 1. The van der Waals surface area contributed by atoms with Crippen molar-refractivity contribution in [2.45, 2.75) is 24.5 Å². The van der Waals surface area contributed by atoms with E-state index >= 15 is 0 Å². The topological polar surface area (TPSA) is 85.0 Å². The van der Waals surface area contributed by atoms with E-state index in [1.165, 1.54) is 18.9 Å². The predicted octanol–water partition coefficient (Wildman–Crippen LogP) is 4.28. The molecule has 1 aromatic heterocycles. The monoisotopic (exact) mass is 427 g/mol. The van der Waals surface area contributed by atoms with Crippen LogP contribution in [0.4, 0.5) is 0 Å². The lowest BCUT2D eigenvalue weighted by Gasteiger charge is -2.14. The van der Waals surface area contributed by atoms with Crippen LogP contribution in [0.1, 0.15) is 28.8 Å². The summed E-state index contributed by atoms with van der Waals surface area (Å²) in [5, 5.41) is 10.2. The number of esters is 1. The van der Waals surface area contributed by atoms with Crippen LogP contribution >= 0.6 is 23.4 Å². The minimum Gasteiger partial charge on any atom is -0.465 e. The number of halogens is 1. The second-order valence-corrected chi connectivity index (χ2v) is 7.68. The van der Waals surface area contributed by atoms with Gasteiger partial charge in [-0.25, -0.2) is 9.78 Å². The quantitative estimate of drug-likeness (QED) is 0.242. The highest BCUT2D eigenvalue weighted by molar-refractivity contribution is 7.99. The van der Waals surface area contributed by atoms with E-state index in [1.807, 2.05) is 18.2 Å². The van der Waals surface area contributed by atoms with Crippen LogP contribution in [-0.2, 0) is 11.3 Å². The molecule has 3 aromatic rings. The van der Waals surface area contributed by atoms with Gasteiger partial charge in [-0.15, -0.1) is 0 Å². The standard InChI is InChI=1S/C21H18ClN3O3S/c1-28-20(27)14-8-9-16-18(12-14)24-21(29-11-5-4-10-23)25(19(16)26)13-15-6-2-3-7-17(15)22/h2-3,6-9,12H,4-5,11,13H2,1H3. The summed E-state index contributed by atoms with van der Waals surface area (Å²) in [4.78, 5) is 29.7. The Balaban J connectivity index is 2.09. The fraction of sp³-hybridized carbons (Fsp3) is 0.238. The number of aromatic nitrogens is 2. The second kappa shape index (κ2) is 9.59. The molecule has 29 heavy (non-hydrogen) atoms. The van der Waals surface area contributed by atoms with Crippen LogP contribution in [0.25, 0.3) is 10.9 Å². The van der Waals surface area contributed by atoms with Crippen molar-refractivity contribution in [1.29, 1.82) is 5.26 Å². The van der Waals surface area contributed by atoms with E-state index < -0.39 is 5.97 Å². The van der Waals surface area contributed by atoms with Gasteiger partial charge in [0.25, 0.3) is 5.56 Å². The summed E-state index contributed by atoms with van der Waals surface area (Å²) in [5.41, 5.74) is 1.35. The molecule has 0 N–H and O–H groups in total. The van der Waals surface area contributed by atoms with Crippen LogP contribution in [0.5, 0.6) is 0 Å². The zero-order valence-electron chi connectivity index (χ0n) is 15.7. The lowest BCUT2D eigenvalue weighted by atomic mass is 10.1. The zero-order chi connectivity index (χ0) is 20.8. The number of fused-ring (bicyclic) bond motifs is 1. The van der Waals surface area contributed by atoms with Gasteiger partial charge in [-0.1, -0.05) is 41.6 Å². The van der Waals surface area contributed by atoms with Gasteiger partial charge in [-0.3, -0.25) is 9.36 Å². The molecule has 6 nitrogen and oxygen atoms in total. The fourth-order valence-corrected chi connectivity index (χ4v) is 3.94. The van der Waals surface area contributed by atoms with E-state index in [0.29, 0.717) is 45.2 Å². The normalized spacial score (nSPS) is 10.7. The zero-order valence-corrected chi connectivity index (χ0v) is 17.3. The average molecular weight is 428 g/mol. The molecule has 0 bridgehead atoms. The van der Waals surface area contributed by atoms with E-state index in [9.17, 15) is 9.59 Å². The first-order valence-corrected chi connectivity index (χ1v) is 10.3. The van der Waals surface area contributed by atoms with Gasteiger partial charge in [0.05, 0.1) is 36.2 Å². The van der Waals surface area contributed by atoms with Gasteiger partial charge < -0.3 is 4.74 Å². The molecule has 0 aliphatic rings. The van der Waals surface area contributed by atoms with Crippen molar-refractivity contribution in [3.63, 3.8) is 0 Å². The second-order valence-electron chi connectivity index (χ2n) is 6.21. The van der Waals surface area contributed by atoms with Gasteiger partial charge in [-0.05, 0) is 36.2 Å². The van der Waals surface area contributed by atoms with E-state index in [-0.39, 0.29) is 12.1 Å². The smallest absolute Gasteiger partial charge is 0.337 e.